The lowest BCUT2D eigenvalue weighted by atomic mass is 10.1. The fourth-order valence-corrected chi connectivity index (χ4v) is 2.24. The van der Waals surface area contributed by atoms with E-state index in [0.29, 0.717) is 11.3 Å². The smallest absolute Gasteiger partial charge is 0.276 e. The van der Waals surface area contributed by atoms with Crippen LogP contribution in [0.3, 0.4) is 0 Å². The van der Waals surface area contributed by atoms with E-state index in [9.17, 15) is 9.59 Å². The standard InChI is InChI=1S/C19H23N3O3/c1-4-14-8-5-6-11-17(14)25-13-18(23)20-21-19(24)15-9-7-10-16(12-15)22(2)3/h5-12H,4,13H2,1-3H3,(H,20,23)(H,21,24). The molecule has 0 saturated heterocycles. The van der Waals surface area contributed by atoms with Crippen molar-refractivity contribution in [3.8, 4) is 5.75 Å². The Kier molecular flexibility index (Phi) is 6.39. The molecule has 6 nitrogen and oxygen atoms in total. The van der Waals surface area contributed by atoms with Crippen LogP contribution in [0.25, 0.3) is 0 Å². The van der Waals surface area contributed by atoms with E-state index in [0.717, 1.165) is 17.7 Å². The van der Waals surface area contributed by atoms with Crippen LogP contribution in [-0.2, 0) is 11.2 Å². The number of hydrogen-bond acceptors (Lipinski definition) is 4. The van der Waals surface area contributed by atoms with Gasteiger partial charge in [0.15, 0.2) is 6.61 Å². The maximum Gasteiger partial charge on any atom is 0.276 e. The average molecular weight is 341 g/mol. The van der Waals surface area contributed by atoms with Gasteiger partial charge in [0.25, 0.3) is 11.8 Å². The molecule has 2 aromatic rings. The van der Waals surface area contributed by atoms with Crippen molar-refractivity contribution in [1.29, 1.82) is 0 Å². The number of rotatable bonds is 6. The number of hydrazine groups is 1. The van der Waals surface area contributed by atoms with Crippen LogP contribution >= 0.6 is 0 Å². The molecular weight excluding hydrogens is 318 g/mol. The largest absolute Gasteiger partial charge is 0.483 e. The molecule has 0 aliphatic rings. The molecule has 2 aromatic carbocycles. The number of para-hydroxylation sites is 1. The van der Waals surface area contributed by atoms with Gasteiger partial charge in [0, 0.05) is 25.3 Å². The quantitative estimate of drug-likeness (QED) is 0.790. The van der Waals surface area contributed by atoms with E-state index >= 15 is 0 Å². The van der Waals surface area contributed by atoms with Crippen molar-refractivity contribution in [3.05, 3.63) is 59.7 Å². The molecule has 0 fully saturated rings. The molecule has 0 bridgehead atoms. The van der Waals surface area contributed by atoms with Gasteiger partial charge in [0.05, 0.1) is 0 Å². The Balaban J connectivity index is 1.85. The summed E-state index contributed by atoms with van der Waals surface area (Å²) in [5.41, 5.74) is 7.14. The summed E-state index contributed by atoms with van der Waals surface area (Å²) in [5, 5.41) is 0. The molecule has 0 aromatic heterocycles. The molecule has 25 heavy (non-hydrogen) atoms. The number of benzene rings is 2. The van der Waals surface area contributed by atoms with Crippen molar-refractivity contribution >= 4 is 17.5 Å². The Bertz CT molecular complexity index is 744. The number of nitrogens with one attached hydrogen (secondary N) is 2. The van der Waals surface area contributed by atoms with Crippen LogP contribution in [0.4, 0.5) is 5.69 Å². The van der Waals surface area contributed by atoms with Gasteiger partial charge in [0.2, 0.25) is 0 Å². The predicted octanol–water partition coefficient (Wildman–Crippen LogP) is 2.16. The van der Waals surface area contributed by atoms with E-state index in [-0.39, 0.29) is 12.5 Å². The minimum atomic E-state index is -0.428. The van der Waals surface area contributed by atoms with E-state index in [1.165, 1.54) is 0 Å². The lowest BCUT2D eigenvalue weighted by Gasteiger charge is -2.14. The van der Waals surface area contributed by atoms with Gasteiger partial charge in [-0.3, -0.25) is 20.4 Å². The molecule has 0 aliphatic carbocycles. The second-order valence-electron chi connectivity index (χ2n) is 5.70. The van der Waals surface area contributed by atoms with Crippen LogP contribution in [0.1, 0.15) is 22.8 Å². The van der Waals surface area contributed by atoms with Crippen LogP contribution in [-0.4, -0.2) is 32.5 Å². The number of aryl methyl sites for hydroxylation is 1. The highest BCUT2D eigenvalue weighted by atomic mass is 16.5. The summed E-state index contributed by atoms with van der Waals surface area (Å²) in [6.45, 7) is 1.85. The molecule has 0 atom stereocenters. The van der Waals surface area contributed by atoms with Crippen molar-refractivity contribution in [2.24, 2.45) is 0 Å². The fraction of sp³-hybridized carbons (Fsp3) is 0.263. The third-order valence-electron chi connectivity index (χ3n) is 3.65. The summed E-state index contributed by atoms with van der Waals surface area (Å²) >= 11 is 0. The monoisotopic (exact) mass is 341 g/mol. The predicted molar refractivity (Wildman–Crippen MR) is 97.7 cm³/mol. The molecule has 0 aliphatic heterocycles. The van der Waals surface area contributed by atoms with E-state index < -0.39 is 5.91 Å². The molecule has 132 valence electrons. The van der Waals surface area contributed by atoms with Gasteiger partial charge >= 0.3 is 0 Å². The maximum absolute atomic E-state index is 12.1. The van der Waals surface area contributed by atoms with Gasteiger partial charge in [-0.15, -0.1) is 0 Å². The average Bonchev–Trinajstić information content (AvgIpc) is 2.64. The highest BCUT2D eigenvalue weighted by molar-refractivity contribution is 5.96. The molecule has 0 saturated carbocycles. The molecule has 0 unspecified atom stereocenters. The number of anilines is 1. The highest BCUT2D eigenvalue weighted by Gasteiger charge is 2.10. The summed E-state index contributed by atoms with van der Waals surface area (Å²) < 4.78 is 5.51. The van der Waals surface area contributed by atoms with Crippen molar-refractivity contribution in [2.45, 2.75) is 13.3 Å². The molecule has 0 radical (unpaired) electrons. The third-order valence-corrected chi connectivity index (χ3v) is 3.65. The van der Waals surface area contributed by atoms with Crippen molar-refractivity contribution in [1.82, 2.24) is 10.9 Å². The Morgan fingerprint density at radius 2 is 1.80 bits per heavy atom. The van der Waals surface area contributed by atoms with Crippen LogP contribution in [0.2, 0.25) is 0 Å². The summed E-state index contributed by atoms with van der Waals surface area (Å²) in [7, 11) is 3.79. The third kappa shape index (κ3) is 5.24. The van der Waals surface area contributed by atoms with Gasteiger partial charge < -0.3 is 9.64 Å². The first kappa shape index (κ1) is 18.3. The molecule has 2 N–H and O–H groups in total. The van der Waals surface area contributed by atoms with E-state index in [2.05, 4.69) is 10.9 Å². The van der Waals surface area contributed by atoms with Gasteiger partial charge in [-0.05, 0) is 36.2 Å². The van der Waals surface area contributed by atoms with Gasteiger partial charge in [-0.1, -0.05) is 31.2 Å². The van der Waals surface area contributed by atoms with Crippen LogP contribution in [0.5, 0.6) is 5.75 Å². The second-order valence-corrected chi connectivity index (χ2v) is 5.70. The molecular formula is C19H23N3O3. The fourth-order valence-electron chi connectivity index (χ4n) is 2.24. The summed E-state index contributed by atoms with van der Waals surface area (Å²) in [6.07, 6.45) is 0.816. The van der Waals surface area contributed by atoms with Crippen molar-refractivity contribution in [2.75, 3.05) is 25.6 Å². The van der Waals surface area contributed by atoms with Crippen LogP contribution < -0.4 is 20.5 Å². The number of amides is 2. The lowest BCUT2D eigenvalue weighted by molar-refractivity contribution is -0.123. The first-order chi connectivity index (χ1) is 12.0. The number of nitrogens with zero attached hydrogens (tertiary/aromatic N) is 1. The summed E-state index contributed by atoms with van der Waals surface area (Å²) in [4.78, 5) is 25.9. The number of hydrogen-bond donors (Lipinski definition) is 2. The SMILES string of the molecule is CCc1ccccc1OCC(=O)NNC(=O)c1cccc(N(C)C)c1. The normalized spacial score (nSPS) is 10.0. The van der Waals surface area contributed by atoms with Crippen LogP contribution in [0, 0.1) is 0 Å². The zero-order valence-electron chi connectivity index (χ0n) is 14.7. The number of carbonyl (C=O) groups is 2. The Morgan fingerprint density at radius 3 is 2.52 bits per heavy atom. The number of carbonyl (C=O) groups excluding carboxylic acids is 2. The minimum absolute atomic E-state index is 0.172. The van der Waals surface area contributed by atoms with Crippen molar-refractivity contribution < 1.29 is 14.3 Å². The van der Waals surface area contributed by atoms with Crippen LogP contribution in [0.15, 0.2) is 48.5 Å². The Hall–Kier alpha value is -3.02. The topological polar surface area (TPSA) is 70.7 Å². The maximum atomic E-state index is 12.1. The van der Waals surface area contributed by atoms with E-state index in [1.54, 1.807) is 18.2 Å². The lowest BCUT2D eigenvalue weighted by Crippen LogP contribution is -2.43. The zero-order chi connectivity index (χ0) is 18.2. The van der Waals surface area contributed by atoms with Gasteiger partial charge in [-0.25, -0.2) is 0 Å². The molecule has 0 heterocycles. The van der Waals surface area contributed by atoms with Crippen molar-refractivity contribution in [3.63, 3.8) is 0 Å². The summed E-state index contributed by atoms with van der Waals surface area (Å²) in [5.74, 6) is -0.140. The Morgan fingerprint density at radius 1 is 1.04 bits per heavy atom. The number of ether oxygens (including phenoxy) is 1. The van der Waals surface area contributed by atoms with E-state index in [4.69, 9.17) is 4.74 Å². The molecule has 6 heteroatoms. The summed E-state index contributed by atoms with van der Waals surface area (Å²) in [6, 6.07) is 14.7. The van der Waals surface area contributed by atoms with Gasteiger partial charge in [0.1, 0.15) is 5.75 Å². The van der Waals surface area contributed by atoms with Gasteiger partial charge in [-0.2, -0.15) is 0 Å². The second kappa shape index (κ2) is 8.73. The zero-order valence-corrected chi connectivity index (χ0v) is 14.7. The van der Waals surface area contributed by atoms with E-state index in [1.807, 2.05) is 56.3 Å². The molecule has 2 rings (SSSR count). The Labute approximate surface area is 147 Å². The first-order valence-corrected chi connectivity index (χ1v) is 8.08. The highest BCUT2D eigenvalue weighted by Crippen LogP contribution is 2.18. The molecule has 2 amide bonds. The first-order valence-electron chi connectivity index (χ1n) is 8.08. The minimum Gasteiger partial charge on any atom is -0.483 e. The molecule has 0 spiro atoms.